The van der Waals surface area contributed by atoms with Gasteiger partial charge in [-0.1, -0.05) is 30.3 Å². The summed E-state index contributed by atoms with van der Waals surface area (Å²) in [5, 5.41) is 10.8. The van der Waals surface area contributed by atoms with Crippen LogP contribution in [0.25, 0.3) is 6.08 Å². The Kier molecular flexibility index (Phi) is 5.61. The maximum absolute atomic E-state index is 12.4. The summed E-state index contributed by atoms with van der Waals surface area (Å²) in [5.74, 6) is -0.205. The second kappa shape index (κ2) is 8.27. The zero-order valence-electron chi connectivity index (χ0n) is 14.7. The minimum Gasteiger partial charge on any atom is -0.336 e. The van der Waals surface area contributed by atoms with Gasteiger partial charge in [-0.15, -0.1) is 0 Å². The number of piperazine rings is 1. The molecule has 0 spiro atoms. The van der Waals surface area contributed by atoms with Crippen LogP contribution in [0, 0.1) is 10.1 Å². The summed E-state index contributed by atoms with van der Waals surface area (Å²) in [5.41, 5.74) is 1.22. The van der Waals surface area contributed by atoms with Gasteiger partial charge in [-0.25, -0.2) is 0 Å². The van der Waals surface area contributed by atoms with Crippen molar-refractivity contribution in [2.45, 2.75) is 0 Å². The van der Waals surface area contributed by atoms with Gasteiger partial charge in [0.05, 0.1) is 4.92 Å². The Morgan fingerprint density at radius 1 is 0.926 bits per heavy atom. The molecule has 27 heavy (non-hydrogen) atoms. The predicted molar refractivity (Wildman–Crippen MR) is 101 cm³/mol. The Morgan fingerprint density at radius 3 is 2.26 bits per heavy atom. The second-order valence-electron chi connectivity index (χ2n) is 6.17. The van der Waals surface area contributed by atoms with Crippen LogP contribution < -0.4 is 0 Å². The molecule has 138 valence electrons. The number of rotatable bonds is 4. The third-order valence-electron chi connectivity index (χ3n) is 4.40. The number of hydrogen-bond acceptors (Lipinski definition) is 4. The average Bonchev–Trinajstić information content (AvgIpc) is 2.72. The Labute approximate surface area is 156 Å². The molecule has 2 aromatic rings. The minimum absolute atomic E-state index is 0.0161. The summed E-state index contributed by atoms with van der Waals surface area (Å²) < 4.78 is 0. The second-order valence-corrected chi connectivity index (χ2v) is 6.17. The topological polar surface area (TPSA) is 83.8 Å². The van der Waals surface area contributed by atoms with Crippen LogP contribution in [0.5, 0.6) is 0 Å². The molecule has 1 aliphatic rings. The fraction of sp³-hybridized carbons (Fsp3) is 0.200. The first-order chi connectivity index (χ1) is 13.0. The van der Waals surface area contributed by atoms with Crippen LogP contribution in [0.15, 0.2) is 60.7 Å². The van der Waals surface area contributed by atoms with Crippen molar-refractivity contribution in [3.8, 4) is 0 Å². The summed E-state index contributed by atoms with van der Waals surface area (Å²) >= 11 is 0. The normalized spacial score (nSPS) is 14.4. The number of nitro groups is 1. The highest BCUT2D eigenvalue weighted by Crippen LogP contribution is 2.15. The lowest BCUT2D eigenvalue weighted by molar-refractivity contribution is -0.384. The lowest BCUT2D eigenvalue weighted by Gasteiger charge is -2.34. The summed E-state index contributed by atoms with van der Waals surface area (Å²) in [6.45, 7) is 1.86. The molecule has 0 atom stereocenters. The van der Waals surface area contributed by atoms with Crippen LogP contribution in [0.1, 0.15) is 15.9 Å². The van der Waals surface area contributed by atoms with Crippen molar-refractivity contribution in [1.29, 1.82) is 0 Å². The molecule has 1 fully saturated rings. The Morgan fingerprint density at radius 2 is 1.59 bits per heavy atom. The number of benzene rings is 2. The highest BCUT2D eigenvalue weighted by Gasteiger charge is 2.23. The molecule has 0 saturated carbocycles. The van der Waals surface area contributed by atoms with Crippen molar-refractivity contribution in [3.05, 3.63) is 81.9 Å². The number of non-ortho nitro benzene ring substituents is 1. The Balaban J connectivity index is 1.56. The van der Waals surface area contributed by atoms with Gasteiger partial charge in [-0.05, 0) is 23.8 Å². The monoisotopic (exact) mass is 365 g/mol. The fourth-order valence-electron chi connectivity index (χ4n) is 2.91. The van der Waals surface area contributed by atoms with Crippen LogP contribution in [0.3, 0.4) is 0 Å². The van der Waals surface area contributed by atoms with E-state index >= 15 is 0 Å². The number of carbonyl (C=O) groups is 2. The standard InChI is InChI=1S/C20H19N3O4/c24-19(10-9-16-5-4-8-18(15-16)23(26)27)21-11-13-22(14-12-21)20(25)17-6-2-1-3-7-17/h1-10,15H,11-14H2/b10-9+. The van der Waals surface area contributed by atoms with E-state index in [1.54, 1.807) is 40.1 Å². The van der Waals surface area contributed by atoms with E-state index < -0.39 is 4.92 Å². The molecule has 1 heterocycles. The maximum Gasteiger partial charge on any atom is 0.270 e. The third kappa shape index (κ3) is 4.58. The van der Waals surface area contributed by atoms with E-state index in [1.165, 1.54) is 18.2 Å². The van der Waals surface area contributed by atoms with Crippen LogP contribution >= 0.6 is 0 Å². The zero-order valence-corrected chi connectivity index (χ0v) is 14.7. The SMILES string of the molecule is O=C(/C=C/c1cccc([N+](=O)[O-])c1)N1CCN(C(=O)c2ccccc2)CC1. The molecule has 0 bridgehead atoms. The molecule has 0 radical (unpaired) electrons. The Bertz CT molecular complexity index is 872. The molecule has 7 heteroatoms. The summed E-state index contributed by atoms with van der Waals surface area (Å²) in [6.07, 6.45) is 2.98. The number of carbonyl (C=O) groups excluding carboxylic acids is 2. The molecule has 2 amide bonds. The van der Waals surface area contributed by atoms with Crippen molar-refractivity contribution in [1.82, 2.24) is 9.80 Å². The molecule has 0 aliphatic carbocycles. The zero-order chi connectivity index (χ0) is 19.2. The largest absolute Gasteiger partial charge is 0.336 e. The lowest BCUT2D eigenvalue weighted by atomic mass is 10.1. The average molecular weight is 365 g/mol. The molecule has 2 aromatic carbocycles. The molecular weight excluding hydrogens is 346 g/mol. The van der Waals surface area contributed by atoms with E-state index in [0.717, 1.165) is 0 Å². The molecular formula is C20H19N3O4. The number of hydrogen-bond donors (Lipinski definition) is 0. The van der Waals surface area contributed by atoms with Gasteiger partial charge >= 0.3 is 0 Å². The maximum atomic E-state index is 12.4. The fourth-order valence-corrected chi connectivity index (χ4v) is 2.91. The van der Waals surface area contributed by atoms with Gasteiger partial charge < -0.3 is 9.80 Å². The van der Waals surface area contributed by atoms with Crippen LogP contribution in [-0.2, 0) is 4.79 Å². The number of amides is 2. The lowest BCUT2D eigenvalue weighted by Crippen LogP contribution is -2.50. The van der Waals surface area contributed by atoms with E-state index in [9.17, 15) is 19.7 Å². The molecule has 0 N–H and O–H groups in total. The molecule has 1 saturated heterocycles. The Hall–Kier alpha value is -3.48. The first-order valence-electron chi connectivity index (χ1n) is 8.60. The van der Waals surface area contributed by atoms with E-state index in [-0.39, 0.29) is 17.5 Å². The molecule has 0 unspecified atom stereocenters. The highest BCUT2D eigenvalue weighted by atomic mass is 16.6. The first-order valence-corrected chi connectivity index (χ1v) is 8.60. The third-order valence-corrected chi connectivity index (χ3v) is 4.40. The minimum atomic E-state index is -0.470. The summed E-state index contributed by atoms with van der Waals surface area (Å²) in [4.78, 5) is 38.5. The highest BCUT2D eigenvalue weighted by molar-refractivity contribution is 5.95. The van der Waals surface area contributed by atoms with E-state index in [2.05, 4.69) is 0 Å². The van der Waals surface area contributed by atoms with Gasteiger partial charge in [0.2, 0.25) is 5.91 Å². The van der Waals surface area contributed by atoms with E-state index in [1.807, 2.05) is 18.2 Å². The van der Waals surface area contributed by atoms with Crippen molar-refractivity contribution >= 4 is 23.6 Å². The van der Waals surface area contributed by atoms with Crippen molar-refractivity contribution in [2.24, 2.45) is 0 Å². The smallest absolute Gasteiger partial charge is 0.270 e. The van der Waals surface area contributed by atoms with Gasteiger partial charge in [0, 0.05) is 50.0 Å². The number of nitro benzene ring substituents is 1. The molecule has 1 aliphatic heterocycles. The van der Waals surface area contributed by atoms with Crippen LogP contribution in [0.2, 0.25) is 0 Å². The summed E-state index contributed by atoms with van der Waals surface area (Å²) in [6, 6.07) is 15.2. The first kappa shape index (κ1) is 18.3. The van der Waals surface area contributed by atoms with Gasteiger partial charge in [-0.2, -0.15) is 0 Å². The number of nitrogens with zero attached hydrogens (tertiary/aromatic N) is 3. The van der Waals surface area contributed by atoms with Gasteiger partial charge in [0.25, 0.3) is 11.6 Å². The summed E-state index contributed by atoms with van der Waals surface area (Å²) in [7, 11) is 0. The van der Waals surface area contributed by atoms with Crippen molar-refractivity contribution in [2.75, 3.05) is 26.2 Å². The van der Waals surface area contributed by atoms with E-state index in [4.69, 9.17) is 0 Å². The molecule has 7 nitrogen and oxygen atoms in total. The quantitative estimate of drug-likeness (QED) is 0.474. The van der Waals surface area contributed by atoms with Gasteiger partial charge in [0.15, 0.2) is 0 Å². The predicted octanol–water partition coefficient (Wildman–Crippen LogP) is 2.59. The van der Waals surface area contributed by atoms with Crippen LogP contribution in [0.4, 0.5) is 5.69 Å². The van der Waals surface area contributed by atoms with Crippen molar-refractivity contribution < 1.29 is 14.5 Å². The molecule has 0 aromatic heterocycles. The van der Waals surface area contributed by atoms with Gasteiger partial charge in [-0.3, -0.25) is 19.7 Å². The van der Waals surface area contributed by atoms with E-state index in [0.29, 0.717) is 37.3 Å². The van der Waals surface area contributed by atoms with Crippen molar-refractivity contribution in [3.63, 3.8) is 0 Å². The van der Waals surface area contributed by atoms with Gasteiger partial charge in [0.1, 0.15) is 0 Å². The van der Waals surface area contributed by atoms with Crippen LogP contribution in [-0.4, -0.2) is 52.7 Å². The molecule has 3 rings (SSSR count).